The maximum Gasteiger partial charge on any atom is 0.254 e. The van der Waals surface area contributed by atoms with E-state index in [4.69, 9.17) is 0 Å². The van der Waals surface area contributed by atoms with Gasteiger partial charge in [0.1, 0.15) is 0 Å². The lowest BCUT2D eigenvalue weighted by Crippen LogP contribution is -2.35. The predicted molar refractivity (Wildman–Crippen MR) is 96.0 cm³/mol. The van der Waals surface area contributed by atoms with Crippen molar-refractivity contribution >= 4 is 17.2 Å². The average Bonchev–Trinajstić information content (AvgIpc) is 3.02. The van der Waals surface area contributed by atoms with E-state index in [0.29, 0.717) is 0 Å². The van der Waals surface area contributed by atoms with Crippen LogP contribution in [0.1, 0.15) is 28.8 Å². The van der Waals surface area contributed by atoms with Crippen molar-refractivity contribution in [2.75, 3.05) is 32.7 Å². The van der Waals surface area contributed by atoms with E-state index in [1.54, 1.807) is 11.3 Å². The van der Waals surface area contributed by atoms with Gasteiger partial charge in [-0.15, -0.1) is 0 Å². The lowest BCUT2D eigenvalue weighted by Gasteiger charge is -2.21. The molecule has 0 aliphatic carbocycles. The first-order valence-corrected chi connectivity index (χ1v) is 9.35. The van der Waals surface area contributed by atoms with Crippen molar-refractivity contribution in [3.05, 3.63) is 58.3 Å². The summed E-state index contributed by atoms with van der Waals surface area (Å²) in [6, 6.07) is 12.6. The van der Waals surface area contributed by atoms with Crippen molar-refractivity contribution < 1.29 is 4.79 Å². The number of carbonyl (C=O) groups excluding carboxylic acids is 1. The molecule has 0 atom stereocenters. The molecule has 2 aromatic rings. The monoisotopic (exact) mass is 328 g/mol. The quantitative estimate of drug-likeness (QED) is 0.838. The van der Waals surface area contributed by atoms with Crippen molar-refractivity contribution in [3.8, 4) is 0 Å². The summed E-state index contributed by atoms with van der Waals surface area (Å²) in [6.07, 6.45) is 3.39. The van der Waals surface area contributed by atoms with Gasteiger partial charge < -0.3 is 9.80 Å². The second-order valence-electron chi connectivity index (χ2n) is 6.09. The number of hydrogen-bond acceptors (Lipinski definition) is 3. The first-order chi connectivity index (χ1) is 11.3. The molecule has 1 saturated heterocycles. The van der Waals surface area contributed by atoms with Gasteiger partial charge in [0.2, 0.25) is 0 Å². The Kier molecular flexibility index (Phi) is 5.83. The summed E-state index contributed by atoms with van der Waals surface area (Å²) >= 11 is 1.59. The van der Waals surface area contributed by atoms with Crippen LogP contribution in [-0.4, -0.2) is 48.4 Å². The van der Waals surface area contributed by atoms with E-state index in [1.807, 2.05) is 21.7 Å². The van der Waals surface area contributed by atoms with Gasteiger partial charge in [-0.1, -0.05) is 30.3 Å². The molecule has 0 N–H and O–H groups in total. The Hall–Kier alpha value is -1.65. The predicted octanol–water partition coefficient (Wildman–Crippen LogP) is 3.53. The molecule has 0 spiro atoms. The first kappa shape index (κ1) is 16.2. The second-order valence-corrected chi connectivity index (χ2v) is 6.87. The summed E-state index contributed by atoms with van der Waals surface area (Å²) in [6.45, 7) is 4.94. The second kappa shape index (κ2) is 8.27. The van der Waals surface area contributed by atoms with Crippen LogP contribution in [0.2, 0.25) is 0 Å². The SMILES string of the molecule is O=C(c1ccsc1)N1CCCN(CCCc2ccccc2)CC1. The third kappa shape index (κ3) is 4.66. The van der Waals surface area contributed by atoms with E-state index in [-0.39, 0.29) is 5.91 Å². The van der Waals surface area contributed by atoms with Crippen LogP contribution >= 0.6 is 11.3 Å². The van der Waals surface area contributed by atoms with Gasteiger partial charge in [-0.3, -0.25) is 4.79 Å². The van der Waals surface area contributed by atoms with E-state index in [1.165, 1.54) is 12.0 Å². The van der Waals surface area contributed by atoms with Crippen LogP contribution < -0.4 is 0 Å². The Balaban J connectivity index is 1.44. The van der Waals surface area contributed by atoms with Gasteiger partial charge in [0.05, 0.1) is 5.56 Å². The maximum atomic E-state index is 12.4. The highest BCUT2D eigenvalue weighted by Crippen LogP contribution is 2.13. The molecule has 0 bridgehead atoms. The molecule has 0 radical (unpaired) electrons. The van der Waals surface area contributed by atoms with Crippen LogP contribution in [0, 0.1) is 0 Å². The van der Waals surface area contributed by atoms with E-state index in [0.717, 1.165) is 51.1 Å². The Morgan fingerprint density at radius 1 is 1.04 bits per heavy atom. The van der Waals surface area contributed by atoms with Gasteiger partial charge in [0, 0.05) is 25.0 Å². The number of aryl methyl sites for hydroxylation is 1. The smallest absolute Gasteiger partial charge is 0.254 e. The Morgan fingerprint density at radius 3 is 2.70 bits per heavy atom. The lowest BCUT2D eigenvalue weighted by molar-refractivity contribution is 0.0762. The largest absolute Gasteiger partial charge is 0.337 e. The molecule has 3 rings (SSSR count). The summed E-state index contributed by atoms with van der Waals surface area (Å²) in [4.78, 5) is 17.0. The molecule has 1 aliphatic rings. The molecule has 1 amide bonds. The normalized spacial score (nSPS) is 16.3. The van der Waals surface area contributed by atoms with Crippen molar-refractivity contribution in [3.63, 3.8) is 0 Å². The Labute approximate surface area is 142 Å². The summed E-state index contributed by atoms with van der Waals surface area (Å²) in [5.74, 6) is 0.192. The molecule has 1 fully saturated rings. The van der Waals surface area contributed by atoms with Gasteiger partial charge in [-0.05, 0) is 49.4 Å². The standard InChI is InChI=1S/C19H24N2OS/c22-19(18-9-15-23-16-18)21-12-5-11-20(13-14-21)10-4-8-17-6-2-1-3-7-17/h1-3,6-7,9,15-16H,4-5,8,10-14H2. The molecule has 2 heterocycles. The zero-order chi connectivity index (χ0) is 15.9. The van der Waals surface area contributed by atoms with Gasteiger partial charge in [0.15, 0.2) is 0 Å². The van der Waals surface area contributed by atoms with Crippen molar-refractivity contribution in [1.82, 2.24) is 9.80 Å². The highest BCUT2D eigenvalue weighted by atomic mass is 32.1. The molecular weight excluding hydrogens is 304 g/mol. The number of carbonyl (C=O) groups is 1. The third-order valence-corrected chi connectivity index (χ3v) is 5.11. The molecule has 0 unspecified atom stereocenters. The molecule has 23 heavy (non-hydrogen) atoms. The zero-order valence-electron chi connectivity index (χ0n) is 13.5. The first-order valence-electron chi connectivity index (χ1n) is 8.41. The van der Waals surface area contributed by atoms with E-state index < -0.39 is 0 Å². The Morgan fingerprint density at radius 2 is 1.91 bits per heavy atom. The van der Waals surface area contributed by atoms with E-state index in [9.17, 15) is 4.79 Å². The summed E-state index contributed by atoms with van der Waals surface area (Å²) < 4.78 is 0. The van der Waals surface area contributed by atoms with Crippen molar-refractivity contribution in [2.24, 2.45) is 0 Å². The Bertz CT molecular complexity index is 597. The number of benzene rings is 1. The maximum absolute atomic E-state index is 12.4. The fourth-order valence-corrected chi connectivity index (χ4v) is 3.75. The highest BCUT2D eigenvalue weighted by Gasteiger charge is 2.20. The third-order valence-electron chi connectivity index (χ3n) is 4.43. The molecule has 1 aromatic carbocycles. The molecule has 1 aliphatic heterocycles. The zero-order valence-corrected chi connectivity index (χ0v) is 14.3. The fourth-order valence-electron chi connectivity index (χ4n) is 3.12. The average molecular weight is 328 g/mol. The molecule has 4 heteroatoms. The van der Waals surface area contributed by atoms with Gasteiger partial charge in [0.25, 0.3) is 5.91 Å². The lowest BCUT2D eigenvalue weighted by atomic mass is 10.1. The minimum atomic E-state index is 0.192. The van der Waals surface area contributed by atoms with Crippen LogP contribution in [0.3, 0.4) is 0 Å². The number of rotatable bonds is 5. The number of amides is 1. The van der Waals surface area contributed by atoms with Crippen molar-refractivity contribution in [2.45, 2.75) is 19.3 Å². The fraction of sp³-hybridized carbons (Fsp3) is 0.421. The number of nitrogens with zero attached hydrogens (tertiary/aromatic N) is 2. The number of thiophene rings is 1. The topological polar surface area (TPSA) is 23.6 Å². The molecular formula is C19H24N2OS. The van der Waals surface area contributed by atoms with Gasteiger partial charge in [-0.2, -0.15) is 11.3 Å². The molecule has 1 aromatic heterocycles. The molecule has 0 saturated carbocycles. The van der Waals surface area contributed by atoms with Crippen LogP contribution in [0.5, 0.6) is 0 Å². The van der Waals surface area contributed by atoms with Gasteiger partial charge in [-0.25, -0.2) is 0 Å². The number of hydrogen-bond donors (Lipinski definition) is 0. The van der Waals surface area contributed by atoms with Crippen LogP contribution in [-0.2, 0) is 6.42 Å². The summed E-state index contributed by atoms with van der Waals surface area (Å²) in [5.41, 5.74) is 2.25. The highest BCUT2D eigenvalue weighted by molar-refractivity contribution is 7.08. The minimum Gasteiger partial charge on any atom is -0.337 e. The summed E-state index contributed by atoms with van der Waals surface area (Å²) in [5, 5.41) is 3.92. The van der Waals surface area contributed by atoms with Crippen LogP contribution in [0.25, 0.3) is 0 Å². The van der Waals surface area contributed by atoms with E-state index in [2.05, 4.69) is 35.2 Å². The van der Waals surface area contributed by atoms with Gasteiger partial charge >= 0.3 is 0 Å². The van der Waals surface area contributed by atoms with Crippen molar-refractivity contribution in [1.29, 1.82) is 0 Å². The van der Waals surface area contributed by atoms with Crippen LogP contribution in [0.15, 0.2) is 47.2 Å². The minimum absolute atomic E-state index is 0.192. The van der Waals surface area contributed by atoms with Crippen LogP contribution in [0.4, 0.5) is 0 Å². The van der Waals surface area contributed by atoms with E-state index >= 15 is 0 Å². The molecule has 3 nitrogen and oxygen atoms in total. The molecule has 122 valence electrons. The summed E-state index contributed by atoms with van der Waals surface area (Å²) in [7, 11) is 0.